The summed E-state index contributed by atoms with van der Waals surface area (Å²) in [5.41, 5.74) is 4.96. The van der Waals surface area contributed by atoms with Gasteiger partial charge in [-0.05, 0) is 44.3 Å². The Kier molecular flexibility index (Phi) is 5.14. The van der Waals surface area contributed by atoms with E-state index >= 15 is 0 Å². The first-order valence-electron chi connectivity index (χ1n) is 13.1. The molecule has 2 aromatic heterocycles. The van der Waals surface area contributed by atoms with E-state index in [0.717, 1.165) is 38.6 Å². The predicted octanol–water partition coefficient (Wildman–Crippen LogP) is 8.91. The molecule has 184 valence electrons. The van der Waals surface area contributed by atoms with Gasteiger partial charge in [-0.25, -0.2) is 0 Å². The van der Waals surface area contributed by atoms with Gasteiger partial charge < -0.3 is 8.83 Å². The minimum atomic E-state index is -0.981. The Bertz CT molecular complexity index is 2080. The molecule has 0 saturated carbocycles. The van der Waals surface area contributed by atoms with E-state index in [1.54, 1.807) is 0 Å². The van der Waals surface area contributed by atoms with Crippen molar-refractivity contribution in [2.75, 3.05) is 0 Å². The van der Waals surface area contributed by atoms with Crippen LogP contribution < -0.4 is 16.1 Å². The third-order valence-electron chi connectivity index (χ3n) is 7.53. The van der Waals surface area contributed by atoms with Gasteiger partial charge in [0.25, 0.3) is 0 Å². The summed E-state index contributed by atoms with van der Waals surface area (Å²) in [7, 11) is -0.981. The van der Waals surface area contributed by atoms with Crippen molar-refractivity contribution in [3.05, 3.63) is 140 Å². The van der Waals surface area contributed by atoms with Gasteiger partial charge >= 0.3 is 0 Å². The fourth-order valence-electron chi connectivity index (χ4n) is 5.79. The van der Waals surface area contributed by atoms with Gasteiger partial charge in [0.1, 0.15) is 16.7 Å². The molecule has 0 fully saturated rings. The highest BCUT2D eigenvalue weighted by molar-refractivity contribution is 7.79. The molecule has 0 aliphatic rings. The standard InChI is InChI=1S/C36H23O2P/c1-3-13-26(14-4-1)39(27-15-5-2-6-16-27)36-35(34-29-18-10-8-12-25(29)20-22-32(34)38-36)30-23-37-31-21-19-24-11-7-9-17-28(24)33(30)31/h1-23H. The molecule has 0 bridgehead atoms. The van der Waals surface area contributed by atoms with Gasteiger partial charge in [0.15, 0.2) is 0 Å². The highest BCUT2D eigenvalue weighted by Crippen LogP contribution is 2.47. The van der Waals surface area contributed by atoms with Crippen LogP contribution in [0, 0.1) is 0 Å². The Morgan fingerprint density at radius 1 is 0.462 bits per heavy atom. The van der Waals surface area contributed by atoms with Crippen LogP contribution in [0.4, 0.5) is 0 Å². The van der Waals surface area contributed by atoms with Crippen LogP contribution in [0.5, 0.6) is 0 Å². The van der Waals surface area contributed by atoms with Gasteiger partial charge in [0, 0.05) is 29.8 Å². The Balaban J connectivity index is 1.56. The van der Waals surface area contributed by atoms with Gasteiger partial charge in [-0.15, -0.1) is 0 Å². The van der Waals surface area contributed by atoms with Crippen LogP contribution in [-0.2, 0) is 0 Å². The molecular weight excluding hydrogens is 495 g/mol. The van der Waals surface area contributed by atoms with E-state index < -0.39 is 7.92 Å². The van der Waals surface area contributed by atoms with E-state index in [1.807, 2.05) is 6.26 Å². The molecular formula is C36H23O2P. The van der Waals surface area contributed by atoms with Crippen LogP contribution in [0.3, 0.4) is 0 Å². The molecule has 0 aliphatic heterocycles. The second-order valence-electron chi connectivity index (χ2n) is 9.76. The highest BCUT2D eigenvalue weighted by atomic mass is 31.1. The lowest BCUT2D eigenvalue weighted by Gasteiger charge is -2.18. The Labute approximate surface area is 226 Å². The SMILES string of the molecule is c1ccc(P(c2ccccc2)c2oc3ccc4ccccc4c3c2-c2coc3ccc4ccccc4c23)cc1. The molecule has 0 aliphatic carbocycles. The van der Waals surface area contributed by atoms with Crippen molar-refractivity contribution in [2.45, 2.75) is 0 Å². The molecule has 0 saturated heterocycles. The van der Waals surface area contributed by atoms with E-state index in [1.165, 1.54) is 32.2 Å². The predicted molar refractivity (Wildman–Crippen MR) is 165 cm³/mol. The number of furan rings is 2. The number of hydrogen-bond acceptors (Lipinski definition) is 2. The van der Waals surface area contributed by atoms with Crippen molar-refractivity contribution in [3.8, 4) is 11.1 Å². The minimum Gasteiger partial charge on any atom is -0.464 e. The van der Waals surface area contributed by atoms with Crippen LogP contribution in [-0.4, -0.2) is 0 Å². The molecule has 2 nitrogen and oxygen atoms in total. The van der Waals surface area contributed by atoms with E-state index in [9.17, 15) is 0 Å². The van der Waals surface area contributed by atoms with E-state index in [0.29, 0.717) is 0 Å². The molecule has 0 radical (unpaired) electrons. The lowest BCUT2D eigenvalue weighted by molar-refractivity contribution is 0.617. The normalized spacial score (nSPS) is 11.8. The molecule has 0 atom stereocenters. The average molecular weight is 519 g/mol. The lowest BCUT2D eigenvalue weighted by Crippen LogP contribution is -2.20. The monoisotopic (exact) mass is 518 g/mol. The Morgan fingerprint density at radius 3 is 1.64 bits per heavy atom. The van der Waals surface area contributed by atoms with Gasteiger partial charge in [-0.1, -0.05) is 121 Å². The van der Waals surface area contributed by atoms with Crippen LogP contribution >= 0.6 is 7.92 Å². The van der Waals surface area contributed by atoms with Crippen LogP contribution in [0.2, 0.25) is 0 Å². The largest absolute Gasteiger partial charge is 0.464 e. The zero-order chi connectivity index (χ0) is 25.8. The van der Waals surface area contributed by atoms with Crippen LogP contribution in [0.1, 0.15) is 0 Å². The molecule has 8 aromatic rings. The maximum absolute atomic E-state index is 6.95. The molecule has 0 amide bonds. The first-order valence-corrected chi connectivity index (χ1v) is 14.4. The number of rotatable bonds is 4. The van der Waals surface area contributed by atoms with Crippen molar-refractivity contribution >= 4 is 67.5 Å². The topological polar surface area (TPSA) is 26.3 Å². The molecule has 0 spiro atoms. The average Bonchev–Trinajstić information content (AvgIpc) is 3.60. The van der Waals surface area contributed by atoms with Gasteiger partial charge in [0.2, 0.25) is 0 Å². The van der Waals surface area contributed by atoms with Crippen molar-refractivity contribution in [1.29, 1.82) is 0 Å². The summed E-state index contributed by atoms with van der Waals surface area (Å²) in [5, 5.41) is 9.52. The van der Waals surface area contributed by atoms with Crippen molar-refractivity contribution in [2.24, 2.45) is 0 Å². The second-order valence-corrected chi connectivity index (χ2v) is 11.9. The van der Waals surface area contributed by atoms with E-state index in [2.05, 4.69) is 133 Å². The molecule has 2 heterocycles. The van der Waals surface area contributed by atoms with Gasteiger partial charge in [0.05, 0.1) is 6.26 Å². The van der Waals surface area contributed by atoms with Gasteiger partial charge in [-0.3, -0.25) is 0 Å². The van der Waals surface area contributed by atoms with Gasteiger partial charge in [-0.2, -0.15) is 0 Å². The van der Waals surface area contributed by atoms with Crippen molar-refractivity contribution < 1.29 is 8.83 Å². The molecule has 3 heteroatoms. The number of fused-ring (bicyclic) bond motifs is 6. The Hall–Kier alpha value is -4.65. The summed E-state index contributed by atoms with van der Waals surface area (Å²) in [6.45, 7) is 0. The van der Waals surface area contributed by atoms with Crippen LogP contribution in [0.25, 0.3) is 54.6 Å². The molecule has 39 heavy (non-hydrogen) atoms. The zero-order valence-electron chi connectivity index (χ0n) is 21.0. The Morgan fingerprint density at radius 2 is 1.00 bits per heavy atom. The zero-order valence-corrected chi connectivity index (χ0v) is 21.9. The molecule has 0 N–H and O–H groups in total. The fraction of sp³-hybridized carbons (Fsp3) is 0. The number of benzene rings is 6. The first-order chi connectivity index (χ1) is 19.4. The number of hydrogen-bond donors (Lipinski definition) is 0. The van der Waals surface area contributed by atoms with E-state index in [-0.39, 0.29) is 0 Å². The van der Waals surface area contributed by atoms with E-state index in [4.69, 9.17) is 8.83 Å². The molecule has 8 rings (SSSR count). The summed E-state index contributed by atoms with van der Waals surface area (Å²) in [5.74, 6) is 0. The summed E-state index contributed by atoms with van der Waals surface area (Å²) >= 11 is 0. The third-order valence-corrected chi connectivity index (χ3v) is 9.88. The molecule has 6 aromatic carbocycles. The second kappa shape index (κ2) is 8.98. The lowest BCUT2D eigenvalue weighted by atomic mass is 9.96. The smallest absolute Gasteiger partial charge is 0.143 e. The quantitative estimate of drug-likeness (QED) is 0.218. The third kappa shape index (κ3) is 3.53. The summed E-state index contributed by atoms with van der Waals surface area (Å²) in [6.07, 6.45) is 1.93. The van der Waals surface area contributed by atoms with Crippen molar-refractivity contribution in [1.82, 2.24) is 0 Å². The molecule has 0 unspecified atom stereocenters. The summed E-state index contributed by atoms with van der Waals surface area (Å²) in [4.78, 5) is 0. The maximum Gasteiger partial charge on any atom is 0.143 e. The first kappa shape index (κ1) is 22.3. The fourth-order valence-corrected chi connectivity index (χ4v) is 8.15. The highest BCUT2D eigenvalue weighted by Gasteiger charge is 2.29. The summed E-state index contributed by atoms with van der Waals surface area (Å²) < 4.78 is 13.2. The van der Waals surface area contributed by atoms with Crippen LogP contribution in [0.15, 0.2) is 149 Å². The maximum atomic E-state index is 6.95. The minimum absolute atomic E-state index is 0.882. The summed E-state index contributed by atoms with van der Waals surface area (Å²) in [6, 6.07) is 47.1. The van der Waals surface area contributed by atoms with Crippen molar-refractivity contribution in [3.63, 3.8) is 0 Å².